The van der Waals surface area contributed by atoms with Crippen molar-refractivity contribution >= 4 is 12.1 Å². The zero-order valence-corrected chi connectivity index (χ0v) is 21.7. The molecule has 2 atom stereocenters. The van der Waals surface area contributed by atoms with Crippen molar-refractivity contribution in [3.8, 4) is 0 Å². The van der Waals surface area contributed by atoms with Crippen LogP contribution in [0.2, 0.25) is 0 Å². The fraction of sp³-hybridized carbons (Fsp3) is 0.722. The van der Waals surface area contributed by atoms with Crippen molar-refractivity contribution in [1.82, 2.24) is 10.5 Å². The maximum atomic E-state index is 12.1. The smallest absolute Gasteiger partial charge is 0.408 e. The molecule has 2 N–H and O–H groups in total. The molecule has 9 heteroatoms. The molecule has 0 aliphatic rings. The van der Waals surface area contributed by atoms with Crippen LogP contribution in [-0.4, -0.2) is 35.5 Å². The summed E-state index contributed by atoms with van der Waals surface area (Å²) in [6.45, 7) is 11.4. The first-order chi connectivity index (χ1) is 12.0. The van der Waals surface area contributed by atoms with Gasteiger partial charge in [0.25, 0.3) is 5.97 Å². The Morgan fingerprint density at radius 3 is 2.48 bits per heavy atom. The Kier molecular flexibility index (Phi) is 11.7. The van der Waals surface area contributed by atoms with Gasteiger partial charge in [0.15, 0.2) is 0 Å². The zero-order chi connectivity index (χ0) is 19.9. The predicted octanol–water partition coefficient (Wildman–Crippen LogP) is 3.81. The topological polar surface area (TPSA) is 114 Å². The molecular formula is C18H30AcN3O5-. The van der Waals surface area contributed by atoms with E-state index in [0.29, 0.717) is 23.8 Å². The Balaban J connectivity index is 0.00000676. The van der Waals surface area contributed by atoms with Gasteiger partial charge in [-0.15, -0.1) is 0 Å². The van der Waals surface area contributed by atoms with Gasteiger partial charge in [-0.25, -0.2) is 4.79 Å². The molecule has 0 aliphatic carbocycles. The normalized spacial score (nSPS) is 13.5. The molecule has 1 radical (unpaired) electrons. The van der Waals surface area contributed by atoms with Crippen LogP contribution in [0.1, 0.15) is 65.5 Å². The van der Waals surface area contributed by atoms with E-state index in [1.54, 1.807) is 33.8 Å². The molecule has 1 rings (SSSR count). The van der Waals surface area contributed by atoms with Crippen molar-refractivity contribution in [1.29, 1.82) is 0 Å². The van der Waals surface area contributed by atoms with Crippen LogP contribution in [0, 0.1) is 50.0 Å². The average Bonchev–Trinajstić information content (AvgIpc) is 2.92. The molecule has 0 saturated carbocycles. The van der Waals surface area contributed by atoms with Gasteiger partial charge >= 0.3 is 6.09 Å². The number of alkyl carbamates (subject to hydrolysis) is 1. The van der Waals surface area contributed by atoms with E-state index in [9.17, 15) is 9.59 Å². The number of nitrogens with one attached hydrogen (secondary N) is 2. The fourth-order valence-corrected chi connectivity index (χ4v) is 2.29. The summed E-state index contributed by atoms with van der Waals surface area (Å²) >= 11 is 0. The summed E-state index contributed by atoms with van der Waals surface area (Å²) in [6.07, 6.45) is 0.178. The molecule has 0 fully saturated rings. The van der Waals surface area contributed by atoms with Gasteiger partial charge in [0.2, 0.25) is 0 Å². The largest absolute Gasteiger partial charge is 0.665 e. The van der Waals surface area contributed by atoms with Crippen LogP contribution in [0.25, 0.3) is 5.73 Å². The van der Waals surface area contributed by atoms with Gasteiger partial charge in [-0.2, -0.15) is 0 Å². The number of carbonyl (C=O) groups is 2. The predicted molar refractivity (Wildman–Crippen MR) is 96.5 cm³/mol. The van der Waals surface area contributed by atoms with Crippen molar-refractivity contribution in [2.45, 2.75) is 72.1 Å². The van der Waals surface area contributed by atoms with E-state index in [0.717, 1.165) is 0 Å². The van der Waals surface area contributed by atoms with E-state index in [1.807, 2.05) is 13.8 Å². The van der Waals surface area contributed by atoms with E-state index in [1.165, 1.54) is 0 Å². The van der Waals surface area contributed by atoms with Crippen LogP contribution < -0.4 is 5.32 Å². The van der Waals surface area contributed by atoms with E-state index in [-0.39, 0.29) is 63.1 Å². The number of aromatic nitrogens is 1. The minimum atomic E-state index is -1.07. The molecule has 0 bridgehead atoms. The van der Waals surface area contributed by atoms with Crippen molar-refractivity contribution in [2.24, 2.45) is 5.92 Å². The molecule has 1 aromatic heterocycles. The number of ether oxygens (including phenoxy) is 2. The molecular weight excluding hydrogens is 565 g/mol. The van der Waals surface area contributed by atoms with Gasteiger partial charge < -0.3 is 25.0 Å². The van der Waals surface area contributed by atoms with E-state index < -0.39 is 23.7 Å². The average molecular weight is 595 g/mol. The van der Waals surface area contributed by atoms with Crippen LogP contribution in [-0.2, 0) is 20.7 Å². The van der Waals surface area contributed by atoms with Gasteiger partial charge in [0.1, 0.15) is 17.1 Å². The van der Waals surface area contributed by atoms with Crippen LogP contribution >= 0.6 is 0 Å². The molecule has 0 saturated heterocycles. The first-order valence-corrected chi connectivity index (χ1v) is 8.84. The summed E-state index contributed by atoms with van der Waals surface area (Å²) in [5.74, 6) is 0.0994. The van der Waals surface area contributed by atoms with Crippen molar-refractivity contribution in [3.05, 3.63) is 23.3 Å². The second-order valence-corrected chi connectivity index (χ2v) is 7.56. The second-order valence-electron chi connectivity index (χ2n) is 7.56. The molecule has 0 aromatic carbocycles. The maximum absolute atomic E-state index is 12.1. The Bertz CT molecular complexity index is 598. The molecule has 8 nitrogen and oxygen atoms in total. The van der Waals surface area contributed by atoms with E-state index >= 15 is 0 Å². The molecule has 1 amide bonds. The quantitative estimate of drug-likeness (QED) is 0.458. The first kappa shape index (κ1) is 26.4. The number of rotatable bonds is 8. The molecule has 27 heavy (non-hydrogen) atoms. The fourth-order valence-electron chi connectivity index (χ4n) is 2.29. The molecule has 151 valence electrons. The number of nitrogens with zero attached hydrogens (tertiary/aromatic N) is 1. The summed E-state index contributed by atoms with van der Waals surface area (Å²) in [4.78, 5) is 23.7. The van der Waals surface area contributed by atoms with Gasteiger partial charge in [0.05, 0.1) is 12.6 Å². The number of esters is 1. The van der Waals surface area contributed by atoms with Gasteiger partial charge in [0, 0.05) is 56.5 Å². The minimum absolute atomic E-state index is 0. The number of hydrogen-bond acceptors (Lipinski definition) is 6. The SMILES string of the molecule is CCOC(=O)C([NH-])Cc1cc(C(CC(C)C)NC(=O)OC(C)(C)C)no1.[Ac]. The van der Waals surface area contributed by atoms with Gasteiger partial charge in [-0.1, -0.05) is 19.0 Å². The minimum Gasteiger partial charge on any atom is -0.665 e. The zero-order valence-electron chi connectivity index (χ0n) is 17.0. The summed E-state index contributed by atoms with van der Waals surface area (Å²) in [5, 5.41) is 6.81. The molecule has 2 unspecified atom stereocenters. The van der Waals surface area contributed by atoms with Crippen LogP contribution in [0.5, 0.6) is 0 Å². The summed E-state index contributed by atoms with van der Waals surface area (Å²) in [5.41, 5.74) is 7.75. The van der Waals surface area contributed by atoms with E-state index in [4.69, 9.17) is 19.7 Å². The molecule has 1 heterocycles. The Labute approximate surface area is 196 Å². The monoisotopic (exact) mass is 595 g/mol. The van der Waals surface area contributed by atoms with Crippen molar-refractivity contribution in [3.63, 3.8) is 0 Å². The summed E-state index contributed by atoms with van der Waals surface area (Å²) in [6, 6.07) is 0.206. The van der Waals surface area contributed by atoms with Crippen LogP contribution in [0.4, 0.5) is 4.79 Å². The third kappa shape index (κ3) is 10.5. The standard InChI is InChI=1S/C18H30N3O5.Ac/c1-7-24-16(22)13(19)9-12-10-15(21-26-12)14(8-11(2)3)20-17(23)25-18(4,5)6;/h10-11,13-14,19H,7-9H2,1-6H3,(H,20,23);/q-1;. The van der Waals surface area contributed by atoms with Gasteiger partial charge in [-0.3, -0.25) is 4.79 Å². The number of carbonyl (C=O) groups excluding carboxylic acids is 2. The van der Waals surface area contributed by atoms with Crippen LogP contribution in [0.3, 0.4) is 0 Å². The Hall–Kier alpha value is -0.648. The number of hydrogen-bond donors (Lipinski definition) is 1. The van der Waals surface area contributed by atoms with Crippen molar-refractivity contribution < 1.29 is 67.6 Å². The maximum Gasteiger partial charge on any atom is 0.408 e. The van der Waals surface area contributed by atoms with Crippen molar-refractivity contribution in [2.75, 3.05) is 6.61 Å². The molecule has 1 aromatic rings. The van der Waals surface area contributed by atoms with Crippen LogP contribution in [0.15, 0.2) is 10.6 Å². The van der Waals surface area contributed by atoms with Gasteiger partial charge in [-0.05, 0) is 46.1 Å². The first-order valence-electron chi connectivity index (χ1n) is 8.84. The molecule has 0 spiro atoms. The Morgan fingerprint density at radius 2 is 1.96 bits per heavy atom. The Morgan fingerprint density at radius 1 is 1.33 bits per heavy atom. The van der Waals surface area contributed by atoms with E-state index in [2.05, 4.69) is 10.5 Å². The third-order valence-corrected chi connectivity index (χ3v) is 3.31. The second kappa shape index (κ2) is 12.0. The summed E-state index contributed by atoms with van der Waals surface area (Å²) < 4.78 is 15.4. The molecule has 0 aliphatic heterocycles. The number of amides is 1. The third-order valence-electron chi connectivity index (χ3n) is 3.31. The summed E-state index contributed by atoms with van der Waals surface area (Å²) in [7, 11) is 0.